The number of aliphatic carboxylic acids is 1. The van der Waals surface area contributed by atoms with Crippen molar-refractivity contribution in [3.63, 3.8) is 0 Å². The molecule has 0 bridgehead atoms. The molecule has 0 radical (unpaired) electrons. The number of anilines is 2. The van der Waals surface area contributed by atoms with Gasteiger partial charge in [-0.1, -0.05) is 35.9 Å². The van der Waals surface area contributed by atoms with Gasteiger partial charge in [-0.2, -0.15) is 13.2 Å². The maximum Gasteiger partial charge on any atom is 0.416 e. The molecule has 212 valence electrons. The number of nitrogens with zero attached hydrogens (tertiary/aromatic N) is 2. The van der Waals surface area contributed by atoms with E-state index in [1.54, 1.807) is 12.1 Å². The highest BCUT2D eigenvalue weighted by atomic mass is 35.5. The third-order valence-electron chi connectivity index (χ3n) is 7.20. The van der Waals surface area contributed by atoms with E-state index in [4.69, 9.17) is 21.4 Å². The van der Waals surface area contributed by atoms with Gasteiger partial charge in [0.2, 0.25) is 0 Å². The smallest absolute Gasteiger partial charge is 0.416 e. The van der Waals surface area contributed by atoms with Crippen LogP contribution in [0.15, 0.2) is 65.6 Å². The Morgan fingerprint density at radius 1 is 1.07 bits per heavy atom. The summed E-state index contributed by atoms with van der Waals surface area (Å²) in [5.41, 5.74) is 1.94. The second-order valence-corrected chi connectivity index (χ2v) is 12.2. The minimum absolute atomic E-state index is 0.0277. The van der Waals surface area contributed by atoms with Crippen molar-refractivity contribution in [1.82, 2.24) is 0 Å². The van der Waals surface area contributed by atoms with Crippen LogP contribution in [0.3, 0.4) is 0 Å². The fraction of sp³-hybridized carbons (Fsp3) is 0.321. The van der Waals surface area contributed by atoms with Crippen LogP contribution in [0, 0.1) is 6.92 Å². The van der Waals surface area contributed by atoms with Crippen molar-refractivity contribution in [1.29, 1.82) is 0 Å². The van der Waals surface area contributed by atoms with Crippen LogP contribution in [-0.2, 0) is 21.0 Å². The molecule has 40 heavy (non-hydrogen) atoms. The van der Waals surface area contributed by atoms with Gasteiger partial charge in [-0.3, -0.25) is 9.10 Å². The van der Waals surface area contributed by atoms with Crippen molar-refractivity contribution >= 4 is 39.0 Å². The highest BCUT2D eigenvalue weighted by Gasteiger charge is 2.38. The van der Waals surface area contributed by atoms with Crippen molar-refractivity contribution in [3.8, 4) is 5.75 Å². The van der Waals surface area contributed by atoms with Gasteiger partial charge in [0.1, 0.15) is 11.9 Å². The number of sulfonamides is 1. The van der Waals surface area contributed by atoms with Crippen LogP contribution in [0.2, 0.25) is 5.02 Å². The number of halogens is 4. The summed E-state index contributed by atoms with van der Waals surface area (Å²) in [6, 6.07) is 14.4. The number of rotatable bonds is 7. The number of benzene rings is 3. The van der Waals surface area contributed by atoms with Crippen LogP contribution >= 0.6 is 11.6 Å². The average molecular weight is 595 g/mol. The minimum atomic E-state index is -4.72. The van der Waals surface area contributed by atoms with E-state index < -0.39 is 38.7 Å². The van der Waals surface area contributed by atoms with E-state index in [2.05, 4.69) is 4.90 Å². The normalized spacial score (nSPS) is 17.7. The first kappa shape index (κ1) is 28.1. The van der Waals surface area contributed by atoms with Crippen LogP contribution in [0.4, 0.5) is 24.5 Å². The summed E-state index contributed by atoms with van der Waals surface area (Å²) in [6.07, 6.45) is -5.74. The van der Waals surface area contributed by atoms with Gasteiger partial charge >= 0.3 is 12.1 Å². The molecule has 1 fully saturated rings. The van der Waals surface area contributed by atoms with E-state index in [1.165, 1.54) is 0 Å². The maximum absolute atomic E-state index is 13.8. The zero-order chi connectivity index (χ0) is 28.8. The van der Waals surface area contributed by atoms with E-state index in [0.29, 0.717) is 24.2 Å². The summed E-state index contributed by atoms with van der Waals surface area (Å²) in [5, 5.41) is 9.75. The molecule has 5 rings (SSSR count). The molecule has 1 N–H and O–H groups in total. The highest BCUT2D eigenvalue weighted by molar-refractivity contribution is 7.92. The van der Waals surface area contributed by atoms with Gasteiger partial charge in [-0.15, -0.1) is 0 Å². The zero-order valence-electron chi connectivity index (χ0n) is 21.4. The molecule has 2 aliphatic rings. The van der Waals surface area contributed by atoms with Gasteiger partial charge in [0.25, 0.3) is 10.0 Å². The van der Waals surface area contributed by atoms with E-state index in [9.17, 15) is 26.4 Å². The number of carboxylic acids is 1. The number of alkyl halides is 3. The SMILES string of the molecule is Cc1cccc(Cl)c1N1CC(c2ccc3c(c2)N(S(=O)(=O)c2cccc(C(F)(F)F)c2)C[C@H](CCC(=O)O)O3)C1. The third kappa shape index (κ3) is 5.44. The van der Waals surface area contributed by atoms with Crippen molar-refractivity contribution in [2.45, 2.75) is 42.9 Å². The number of carboxylic acid groups (broad SMARTS) is 1. The quantitative estimate of drug-likeness (QED) is 0.356. The van der Waals surface area contributed by atoms with E-state index in [-0.39, 0.29) is 36.7 Å². The summed E-state index contributed by atoms with van der Waals surface area (Å²) >= 11 is 6.41. The number of fused-ring (bicyclic) bond motifs is 1. The average Bonchev–Trinajstić information content (AvgIpc) is 2.87. The summed E-state index contributed by atoms with van der Waals surface area (Å²) in [5.74, 6) is -0.789. The molecule has 12 heteroatoms. The minimum Gasteiger partial charge on any atom is -0.486 e. The van der Waals surface area contributed by atoms with Gasteiger partial charge in [0.15, 0.2) is 0 Å². The Kier molecular flexibility index (Phi) is 7.39. The number of hydrogen-bond donors (Lipinski definition) is 1. The molecule has 0 unspecified atom stereocenters. The summed E-state index contributed by atoms with van der Waals surface area (Å²) in [4.78, 5) is 12.8. The van der Waals surface area contributed by atoms with Crippen LogP contribution < -0.4 is 13.9 Å². The van der Waals surface area contributed by atoms with Crippen LogP contribution in [-0.4, -0.2) is 45.2 Å². The van der Waals surface area contributed by atoms with E-state index in [0.717, 1.165) is 39.3 Å². The first-order chi connectivity index (χ1) is 18.8. The first-order valence-electron chi connectivity index (χ1n) is 12.6. The lowest BCUT2D eigenvalue weighted by Gasteiger charge is -2.43. The van der Waals surface area contributed by atoms with Gasteiger partial charge < -0.3 is 14.7 Å². The van der Waals surface area contributed by atoms with Gasteiger partial charge in [-0.25, -0.2) is 8.42 Å². The number of hydrogen-bond acceptors (Lipinski definition) is 5. The summed E-state index contributed by atoms with van der Waals surface area (Å²) in [6.45, 7) is 3.03. The van der Waals surface area contributed by atoms with Crippen LogP contribution in [0.1, 0.15) is 35.4 Å². The Bertz CT molecular complexity index is 1540. The highest BCUT2D eigenvalue weighted by Crippen LogP contribution is 2.43. The molecule has 0 spiro atoms. The predicted octanol–water partition coefficient (Wildman–Crippen LogP) is 6.09. The molecule has 0 aromatic heterocycles. The topological polar surface area (TPSA) is 87.2 Å². The molecule has 3 aromatic carbocycles. The molecule has 2 heterocycles. The Morgan fingerprint density at radius 3 is 2.48 bits per heavy atom. The number of para-hydroxylation sites is 1. The lowest BCUT2D eigenvalue weighted by Crippen LogP contribution is -2.46. The molecule has 0 aliphatic carbocycles. The molecule has 2 aliphatic heterocycles. The second kappa shape index (κ2) is 10.5. The van der Waals surface area contributed by atoms with E-state index >= 15 is 0 Å². The Balaban J connectivity index is 1.48. The zero-order valence-corrected chi connectivity index (χ0v) is 22.9. The van der Waals surface area contributed by atoms with Crippen molar-refractivity contribution in [2.75, 3.05) is 28.8 Å². The Hall–Kier alpha value is -3.44. The van der Waals surface area contributed by atoms with Gasteiger partial charge in [0.05, 0.1) is 33.4 Å². The molecule has 0 saturated carbocycles. The monoisotopic (exact) mass is 594 g/mol. The Labute approximate surface area is 234 Å². The Morgan fingerprint density at radius 2 is 1.80 bits per heavy atom. The third-order valence-corrected chi connectivity index (χ3v) is 9.28. The van der Waals surface area contributed by atoms with Crippen molar-refractivity contribution in [3.05, 3.63) is 82.4 Å². The lowest BCUT2D eigenvalue weighted by atomic mass is 9.89. The molecule has 3 aromatic rings. The molecule has 1 saturated heterocycles. The van der Waals surface area contributed by atoms with Crippen molar-refractivity contribution < 1.29 is 36.2 Å². The molecule has 0 amide bonds. The van der Waals surface area contributed by atoms with E-state index in [1.807, 2.05) is 31.2 Å². The summed E-state index contributed by atoms with van der Waals surface area (Å²) < 4.78 is 74.6. The predicted molar refractivity (Wildman–Crippen MR) is 145 cm³/mol. The fourth-order valence-corrected chi connectivity index (χ4v) is 6.99. The van der Waals surface area contributed by atoms with Crippen molar-refractivity contribution in [2.24, 2.45) is 0 Å². The molecule has 7 nitrogen and oxygen atoms in total. The number of carbonyl (C=O) groups is 1. The second-order valence-electron chi connectivity index (χ2n) is 9.97. The fourth-order valence-electron chi connectivity index (χ4n) is 5.10. The molecular weight excluding hydrogens is 569 g/mol. The molecular formula is C28H26ClF3N2O5S. The van der Waals surface area contributed by atoms with Gasteiger partial charge in [-0.05, 0) is 60.9 Å². The standard InChI is InChI=1S/C28H26ClF3N2O5S/c1-17-4-2-7-23(29)27(17)33-14-19(15-33)18-8-10-25-24(12-18)34(16-21(39-25)9-11-26(35)36)40(37,38)22-6-3-5-20(13-22)28(30,31)32/h2-8,10,12-13,19,21H,9,11,14-16H2,1H3,(H,35,36)/t21-/m0/s1. The summed E-state index contributed by atoms with van der Waals surface area (Å²) in [7, 11) is -4.45. The first-order valence-corrected chi connectivity index (χ1v) is 14.4. The van der Waals surface area contributed by atoms with Crippen LogP contribution in [0.25, 0.3) is 0 Å². The van der Waals surface area contributed by atoms with Crippen LogP contribution in [0.5, 0.6) is 5.75 Å². The number of aryl methyl sites for hydroxylation is 1. The maximum atomic E-state index is 13.8. The van der Waals surface area contributed by atoms with Gasteiger partial charge in [0, 0.05) is 25.4 Å². The molecule has 1 atom stereocenters. The lowest BCUT2D eigenvalue weighted by molar-refractivity contribution is -0.138. The number of ether oxygens (including phenoxy) is 1. The largest absolute Gasteiger partial charge is 0.486 e.